The van der Waals surface area contributed by atoms with Crippen LogP contribution in [-0.2, 0) is 9.47 Å². The number of amides is 1. The summed E-state index contributed by atoms with van der Waals surface area (Å²) in [6, 6.07) is 5.70. The fourth-order valence-electron chi connectivity index (χ4n) is 2.86. The highest BCUT2D eigenvalue weighted by Crippen LogP contribution is 2.31. The van der Waals surface area contributed by atoms with Crippen LogP contribution in [0.3, 0.4) is 0 Å². The average molecular weight is 306 g/mol. The summed E-state index contributed by atoms with van der Waals surface area (Å²) in [4.78, 5) is 24.3. The van der Waals surface area contributed by atoms with E-state index >= 15 is 0 Å². The van der Waals surface area contributed by atoms with Gasteiger partial charge in [-0.1, -0.05) is 0 Å². The second-order valence-electron chi connectivity index (χ2n) is 5.56. The molecule has 0 saturated carbocycles. The number of hydrogen-bond donors (Lipinski definition) is 0. The highest BCUT2D eigenvalue weighted by molar-refractivity contribution is 5.94. The van der Waals surface area contributed by atoms with Gasteiger partial charge in [0, 0.05) is 43.6 Å². The quantitative estimate of drug-likeness (QED) is 0.616. The van der Waals surface area contributed by atoms with E-state index in [1.165, 1.54) is 24.3 Å². The topological polar surface area (TPSA) is 81.9 Å². The molecule has 0 unspecified atom stereocenters. The van der Waals surface area contributed by atoms with Gasteiger partial charge in [-0.2, -0.15) is 0 Å². The Morgan fingerprint density at radius 1 is 1.14 bits per heavy atom. The third kappa shape index (κ3) is 2.95. The summed E-state index contributed by atoms with van der Waals surface area (Å²) < 4.78 is 11.5. The number of carbonyl (C=O) groups excluding carboxylic acids is 1. The second kappa shape index (κ2) is 6.02. The third-order valence-corrected chi connectivity index (χ3v) is 4.16. The van der Waals surface area contributed by atoms with Gasteiger partial charge in [-0.05, 0) is 18.6 Å². The second-order valence-corrected chi connectivity index (χ2v) is 5.56. The van der Waals surface area contributed by atoms with Crippen LogP contribution >= 0.6 is 0 Å². The molecule has 2 heterocycles. The average Bonchev–Trinajstić information content (AvgIpc) is 2.56. The van der Waals surface area contributed by atoms with Crippen LogP contribution < -0.4 is 0 Å². The van der Waals surface area contributed by atoms with Crippen molar-refractivity contribution in [3.05, 3.63) is 39.9 Å². The van der Waals surface area contributed by atoms with Crippen LogP contribution in [0.1, 0.15) is 29.6 Å². The highest BCUT2D eigenvalue weighted by atomic mass is 16.7. The van der Waals surface area contributed by atoms with Crippen LogP contribution in [0.15, 0.2) is 24.3 Å². The molecule has 2 saturated heterocycles. The minimum atomic E-state index is -0.523. The van der Waals surface area contributed by atoms with Crippen molar-refractivity contribution in [3.8, 4) is 0 Å². The number of rotatable bonds is 2. The van der Waals surface area contributed by atoms with Crippen LogP contribution in [0.2, 0.25) is 0 Å². The number of piperidine rings is 1. The van der Waals surface area contributed by atoms with Gasteiger partial charge in [0.1, 0.15) is 0 Å². The van der Waals surface area contributed by atoms with Crippen molar-refractivity contribution in [1.82, 2.24) is 4.90 Å². The molecule has 0 aromatic heterocycles. The fourth-order valence-corrected chi connectivity index (χ4v) is 2.86. The Morgan fingerprint density at radius 3 is 2.27 bits per heavy atom. The van der Waals surface area contributed by atoms with E-state index in [9.17, 15) is 14.9 Å². The molecule has 1 spiro atoms. The van der Waals surface area contributed by atoms with E-state index in [1.807, 2.05) is 0 Å². The molecule has 0 radical (unpaired) electrons. The Labute approximate surface area is 128 Å². The van der Waals surface area contributed by atoms with Gasteiger partial charge in [-0.25, -0.2) is 0 Å². The van der Waals surface area contributed by atoms with E-state index in [-0.39, 0.29) is 11.6 Å². The smallest absolute Gasteiger partial charge is 0.269 e. The first-order valence-electron chi connectivity index (χ1n) is 7.41. The number of nitro benzene ring substituents is 1. The van der Waals surface area contributed by atoms with E-state index in [0.717, 1.165) is 6.42 Å². The van der Waals surface area contributed by atoms with Crippen molar-refractivity contribution in [1.29, 1.82) is 0 Å². The molecule has 2 aliphatic heterocycles. The summed E-state index contributed by atoms with van der Waals surface area (Å²) in [5, 5.41) is 10.6. The van der Waals surface area contributed by atoms with Gasteiger partial charge in [0.25, 0.3) is 11.6 Å². The molecular weight excluding hydrogens is 288 g/mol. The number of non-ortho nitro benzene ring substituents is 1. The van der Waals surface area contributed by atoms with Crippen molar-refractivity contribution >= 4 is 11.6 Å². The van der Waals surface area contributed by atoms with Crippen molar-refractivity contribution in [2.45, 2.75) is 25.0 Å². The molecule has 0 bridgehead atoms. The number of likely N-dealkylation sites (tertiary alicyclic amines) is 1. The van der Waals surface area contributed by atoms with Crippen LogP contribution in [0.25, 0.3) is 0 Å². The van der Waals surface area contributed by atoms with Crippen LogP contribution in [-0.4, -0.2) is 47.8 Å². The van der Waals surface area contributed by atoms with Gasteiger partial charge in [0.15, 0.2) is 5.79 Å². The lowest BCUT2D eigenvalue weighted by Gasteiger charge is -2.43. The van der Waals surface area contributed by atoms with Crippen LogP contribution in [0.5, 0.6) is 0 Å². The molecule has 0 atom stereocenters. The molecule has 7 heteroatoms. The summed E-state index contributed by atoms with van der Waals surface area (Å²) in [6.07, 6.45) is 2.23. The molecule has 1 aromatic rings. The van der Waals surface area contributed by atoms with Gasteiger partial charge >= 0.3 is 0 Å². The molecule has 3 rings (SSSR count). The summed E-state index contributed by atoms with van der Waals surface area (Å²) in [5.74, 6) is -0.634. The molecule has 2 aliphatic rings. The zero-order valence-electron chi connectivity index (χ0n) is 12.2. The molecule has 2 fully saturated rings. The molecule has 1 amide bonds. The molecule has 7 nitrogen and oxygen atoms in total. The van der Waals surface area contributed by atoms with E-state index in [1.54, 1.807) is 4.90 Å². The summed E-state index contributed by atoms with van der Waals surface area (Å²) in [5.41, 5.74) is 0.449. The van der Waals surface area contributed by atoms with Gasteiger partial charge in [0.2, 0.25) is 0 Å². The Hall–Kier alpha value is -1.99. The standard InChI is InChI=1S/C15H18N2O5/c18-14(12-2-4-13(5-3-12)17(19)20)16-8-6-15(7-9-16)21-10-1-11-22-15/h2-5H,1,6-11H2. The minimum Gasteiger partial charge on any atom is -0.350 e. The molecule has 0 N–H and O–H groups in total. The van der Waals surface area contributed by atoms with E-state index < -0.39 is 10.7 Å². The first-order chi connectivity index (χ1) is 10.6. The van der Waals surface area contributed by atoms with Crippen molar-refractivity contribution < 1.29 is 19.2 Å². The minimum absolute atomic E-state index is 0.0156. The molecule has 118 valence electrons. The van der Waals surface area contributed by atoms with Crippen molar-refractivity contribution in [3.63, 3.8) is 0 Å². The number of nitrogens with zero attached hydrogens (tertiary/aromatic N) is 2. The normalized spacial score (nSPS) is 20.8. The molecule has 0 aliphatic carbocycles. The fraction of sp³-hybridized carbons (Fsp3) is 0.533. The SMILES string of the molecule is O=C(c1ccc([N+](=O)[O-])cc1)N1CCC2(CC1)OCCCO2. The molecular formula is C15H18N2O5. The van der Waals surface area contributed by atoms with E-state index in [4.69, 9.17) is 9.47 Å². The lowest BCUT2D eigenvalue weighted by molar-refractivity contribution is -0.384. The predicted molar refractivity (Wildman–Crippen MR) is 77.5 cm³/mol. The lowest BCUT2D eigenvalue weighted by Crippen LogP contribution is -2.51. The number of hydrogen-bond acceptors (Lipinski definition) is 5. The number of nitro groups is 1. The monoisotopic (exact) mass is 306 g/mol. The van der Waals surface area contributed by atoms with Gasteiger partial charge < -0.3 is 14.4 Å². The van der Waals surface area contributed by atoms with E-state index in [0.29, 0.717) is 44.7 Å². The molecule has 1 aromatic carbocycles. The number of ether oxygens (including phenoxy) is 2. The first kappa shape index (κ1) is 14.9. The maximum absolute atomic E-state index is 12.4. The Balaban J connectivity index is 1.63. The van der Waals surface area contributed by atoms with Crippen molar-refractivity contribution in [2.75, 3.05) is 26.3 Å². The van der Waals surface area contributed by atoms with Gasteiger partial charge in [0.05, 0.1) is 18.1 Å². The number of carbonyl (C=O) groups is 1. The Bertz CT molecular complexity index is 556. The van der Waals surface area contributed by atoms with Crippen LogP contribution in [0.4, 0.5) is 5.69 Å². The summed E-state index contributed by atoms with van der Waals surface area (Å²) >= 11 is 0. The number of benzene rings is 1. The predicted octanol–water partition coefficient (Wildman–Crippen LogP) is 1.96. The summed E-state index contributed by atoms with van der Waals surface area (Å²) in [7, 11) is 0. The largest absolute Gasteiger partial charge is 0.350 e. The van der Waals surface area contributed by atoms with Gasteiger partial charge in [-0.3, -0.25) is 14.9 Å². The zero-order valence-corrected chi connectivity index (χ0v) is 12.2. The third-order valence-electron chi connectivity index (χ3n) is 4.16. The Morgan fingerprint density at radius 2 is 1.73 bits per heavy atom. The van der Waals surface area contributed by atoms with E-state index in [2.05, 4.69) is 0 Å². The maximum atomic E-state index is 12.4. The maximum Gasteiger partial charge on any atom is 0.269 e. The molecule has 22 heavy (non-hydrogen) atoms. The lowest BCUT2D eigenvalue weighted by atomic mass is 10.0. The van der Waals surface area contributed by atoms with Crippen LogP contribution in [0, 0.1) is 10.1 Å². The van der Waals surface area contributed by atoms with Gasteiger partial charge in [-0.15, -0.1) is 0 Å². The Kier molecular flexibility index (Phi) is 4.08. The van der Waals surface area contributed by atoms with Crippen molar-refractivity contribution in [2.24, 2.45) is 0 Å². The highest BCUT2D eigenvalue weighted by Gasteiger charge is 2.39. The first-order valence-corrected chi connectivity index (χ1v) is 7.41. The summed E-state index contributed by atoms with van der Waals surface area (Å²) in [6.45, 7) is 2.54. The zero-order chi connectivity index (χ0) is 15.6.